The van der Waals surface area contributed by atoms with Crippen LogP contribution < -0.4 is 0 Å². The number of phenolic OH excluding ortho intramolecular Hbond substituents is 2. The molecule has 0 bridgehead atoms. The third-order valence-corrected chi connectivity index (χ3v) is 5.02. The Balaban J connectivity index is 2.00. The molecule has 0 heterocycles. The number of fused-ring (bicyclic) bond motifs is 8. The van der Waals surface area contributed by atoms with Gasteiger partial charge >= 0.3 is 0 Å². The van der Waals surface area contributed by atoms with Crippen LogP contribution in [-0.4, -0.2) is 10.2 Å². The van der Waals surface area contributed by atoms with Gasteiger partial charge in [-0.2, -0.15) is 0 Å². The Bertz CT molecular complexity index is 1070. The lowest BCUT2D eigenvalue weighted by Gasteiger charge is -2.23. The van der Waals surface area contributed by atoms with E-state index < -0.39 is 0 Å². The van der Waals surface area contributed by atoms with Gasteiger partial charge in [-0.1, -0.05) is 60.7 Å². The lowest BCUT2D eigenvalue weighted by molar-refractivity contribution is 0.475. The molecule has 5 rings (SSSR count). The maximum absolute atomic E-state index is 10.1. The highest BCUT2D eigenvalue weighted by Gasteiger charge is 2.21. The lowest BCUT2D eigenvalue weighted by Crippen LogP contribution is -1.96. The zero-order valence-electron chi connectivity index (χ0n) is 14.0. The van der Waals surface area contributed by atoms with Crippen molar-refractivity contribution in [3.8, 4) is 56.0 Å². The predicted octanol–water partition coefficient (Wildman–Crippen LogP) is 6.08. The van der Waals surface area contributed by atoms with Crippen LogP contribution in [-0.2, 0) is 0 Å². The molecule has 1 aliphatic carbocycles. The van der Waals surface area contributed by atoms with Gasteiger partial charge in [0, 0.05) is 0 Å². The molecule has 0 fully saturated rings. The van der Waals surface area contributed by atoms with E-state index in [4.69, 9.17) is 0 Å². The van der Waals surface area contributed by atoms with Crippen LogP contribution in [0.5, 0.6) is 11.5 Å². The average Bonchev–Trinajstić information content (AvgIpc) is 2.67. The minimum Gasteiger partial charge on any atom is -0.508 e. The Kier molecular flexibility index (Phi) is 3.13. The van der Waals surface area contributed by atoms with Crippen molar-refractivity contribution in [2.24, 2.45) is 0 Å². The summed E-state index contributed by atoms with van der Waals surface area (Å²) in [6.07, 6.45) is 0. The van der Waals surface area contributed by atoms with Crippen LogP contribution in [0.2, 0.25) is 0 Å². The smallest absolute Gasteiger partial charge is 0.116 e. The first-order chi connectivity index (χ1) is 12.7. The van der Waals surface area contributed by atoms with Crippen LogP contribution in [0, 0.1) is 0 Å². The summed E-state index contributed by atoms with van der Waals surface area (Å²) in [4.78, 5) is 0. The fraction of sp³-hybridized carbons (Fsp3) is 0. The minimum absolute atomic E-state index is 0.252. The van der Waals surface area contributed by atoms with E-state index in [1.165, 1.54) is 0 Å². The van der Waals surface area contributed by atoms with Gasteiger partial charge in [0.15, 0.2) is 0 Å². The van der Waals surface area contributed by atoms with Gasteiger partial charge in [0.2, 0.25) is 0 Å². The van der Waals surface area contributed by atoms with Crippen molar-refractivity contribution in [3.63, 3.8) is 0 Å². The van der Waals surface area contributed by atoms with E-state index >= 15 is 0 Å². The molecule has 0 atom stereocenters. The maximum Gasteiger partial charge on any atom is 0.116 e. The number of hydrogen-bond donors (Lipinski definition) is 2. The zero-order chi connectivity index (χ0) is 17.7. The molecular formula is C24H16O2. The first-order valence-corrected chi connectivity index (χ1v) is 8.58. The molecule has 4 aromatic carbocycles. The molecule has 0 aromatic heterocycles. The Morgan fingerprint density at radius 3 is 1.04 bits per heavy atom. The molecule has 0 radical (unpaired) electrons. The summed E-state index contributed by atoms with van der Waals surface area (Å²) in [6, 6.07) is 27.5. The normalized spacial score (nSPS) is 11.4. The molecule has 0 saturated heterocycles. The molecule has 26 heavy (non-hydrogen) atoms. The second-order valence-electron chi connectivity index (χ2n) is 6.55. The molecule has 2 nitrogen and oxygen atoms in total. The lowest BCUT2D eigenvalue weighted by atomic mass is 9.81. The van der Waals surface area contributed by atoms with Gasteiger partial charge in [-0.3, -0.25) is 0 Å². The van der Waals surface area contributed by atoms with Crippen LogP contribution in [0.3, 0.4) is 0 Å². The van der Waals surface area contributed by atoms with Crippen molar-refractivity contribution >= 4 is 0 Å². The third-order valence-electron chi connectivity index (χ3n) is 5.02. The zero-order valence-corrected chi connectivity index (χ0v) is 14.0. The van der Waals surface area contributed by atoms with Gasteiger partial charge < -0.3 is 10.2 Å². The van der Waals surface area contributed by atoms with Gasteiger partial charge in [0.1, 0.15) is 11.5 Å². The molecular weight excluding hydrogens is 320 g/mol. The Labute approximate surface area is 151 Å². The Morgan fingerprint density at radius 1 is 0.346 bits per heavy atom. The number of aromatic hydroxyl groups is 2. The van der Waals surface area contributed by atoms with Crippen molar-refractivity contribution in [1.29, 1.82) is 0 Å². The number of benzene rings is 4. The quantitative estimate of drug-likeness (QED) is 0.360. The molecule has 0 unspecified atom stereocenters. The molecule has 0 saturated carbocycles. The Hall–Kier alpha value is -3.52. The summed E-state index contributed by atoms with van der Waals surface area (Å²) in [5, 5.41) is 20.2. The van der Waals surface area contributed by atoms with E-state index in [1.807, 2.05) is 48.5 Å². The molecule has 2 N–H and O–H groups in total. The first-order valence-electron chi connectivity index (χ1n) is 8.58. The monoisotopic (exact) mass is 336 g/mol. The molecule has 4 aromatic rings. The van der Waals surface area contributed by atoms with Crippen LogP contribution in [0.15, 0.2) is 84.9 Å². The summed E-state index contributed by atoms with van der Waals surface area (Å²) in [5.41, 5.74) is 8.46. The molecule has 0 aliphatic heterocycles. The number of phenols is 2. The van der Waals surface area contributed by atoms with Crippen LogP contribution >= 0.6 is 0 Å². The van der Waals surface area contributed by atoms with E-state index in [2.05, 4.69) is 24.3 Å². The molecule has 1 aliphatic rings. The van der Waals surface area contributed by atoms with Crippen LogP contribution in [0.1, 0.15) is 0 Å². The van der Waals surface area contributed by atoms with Crippen molar-refractivity contribution in [1.82, 2.24) is 0 Å². The van der Waals surface area contributed by atoms with Gasteiger partial charge in [0.05, 0.1) is 0 Å². The largest absolute Gasteiger partial charge is 0.508 e. The van der Waals surface area contributed by atoms with Gasteiger partial charge in [-0.25, -0.2) is 0 Å². The summed E-state index contributed by atoms with van der Waals surface area (Å²) < 4.78 is 0. The van der Waals surface area contributed by atoms with Gasteiger partial charge in [-0.05, 0) is 68.8 Å². The topological polar surface area (TPSA) is 40.5 Å². The van der Waals surface area contributed by atoms with Crippen molar-refractivity contribution in [2.75, 3.05) is 0 Å². The standard InChI is InChI=1S/C24H16O2/c25-15-9-11-21-17-5-1-3-7-19(17)23-13-16(26)10-12-22(23)18-6-2-4-8-20(18)24(21)14-15/h1-14,25-26H. The van der Waals surface area contributed by atoms with Gasteiger partial charge in [0.25, 0.3) is 0 Å². The summed E-state index contributed by atoms with van der Waals surface area (Å²) in [6.45, 7) is 0. The van der Waals surface area contributed by atoms with E-state index in [-0.39, 0.29) is 11.5 Å². The van der Waals surface area contributed by atoms with Crippen molar-refractivity contribution in [2.45, 2.75) is 0 Å². The van der Waals surface area contributed by atoms with E-state index in [9.17, 15) is 10.2 Å². The summed E-state index contributed by atoms with van der Waals surface area (Å²) in [7, 11) is 0. The highest BCUT2D eigenvalue weighted by molar-refractivity contribution is 6.03. The molecule has 2 heteroatoms. The minimum atomic E-state index is 0.252. The maximum atomic E-state index is 10.1. The highest BCUT2D eigenvalue weighted by atomic mass is 16.3. The second kappa shape index (κ2) is 5.50. The fourth-order valence-corrected chi connectivity index (χ4v) is 3.89. The van der Waals surface area contributed by atoms with E-state index in [1.54, 1.807) is 12.1 Å². The summed E-state index contributed by atoms with van der Waals surface area (Å²) >= 11 is 0. The van der Waals surface area contributed by atoms with E-state index in [0.29, 0.717) is 0 Å². The summed E-state index contributed by atoms with van der Waals surface area (Å²) in [5.74, 6) is 0.505. The SMILES string of the molecule is Oc1ccc2c(c1)-c1ccccc1-c1ccc(O)cc1-c1ccccc1-2. The highest BCUT2D eigenvalue weighted by Crippen LogP contribution is 2.48. The van der Waals surface area contributed by atoms with Gasteiger partial charge in [-0.15, -0.1) is 0 Å². The van der Waals surface area contributed by atoms with Crippen molar-refractivity contribution in [3.05, 3.63) is 84.9 Å². The molecule has 124 valence electrons. The van der Waals surface area contributed by atoms with E-state index in [0.717, 1.165) is 44.5 Å². The van der Waals surface area contributed by atoms with Crippen LogP contribution in [0.25, 0.3) is 44.5 Å². The first kappa shape index (κ1) is 14.8. The fourth-order valence-electron chi connectivity index (χ4n) is 3.89. The number of rotatable bonds is 0. The average molecular weight is 336 g/mol. The predicted molar refractivity (Wildman–Crippen MR) is 105 cm³/mol. The second-order valence-corrected chi connectivity index (χ2v) is 6.55. The third kappa shape index (κ3) is 2.12. The molecule has 0 amide bonds. The number of hydrogen-bond acceptors (Lipinski definition) is 2. The molecule has 0 spiro atoms. The van der Waals surface area contributed by atoms with Crippen molar-refractivity contribution < 1.29 is 10.2 Å². The van der Waals surface area contributed by atoms with Crippen LogP contribution in [0.4, 0.5) is 0 Å². The Morgan fingerprint density at radius 2 is 0.654 bits per heavy atom.